The van der Waals surface area contributed by atoms with Crippen LogP contribution in [-0.4, -0.2) is 77.9 Å². The van der Waals surface area contributed by atoms with Crippen molar-refractivity contribution in [1.29, 1.82) is 0 Å². The van der Waals surface area contributed by atoms with Crippen molar-refractivity contribution in [1.82, 2.24) is 39.0 Å². The van der Waals surface area contributed by atoms with E-state index in [0.717, 1.165) is 67.8 Å². The molecular formula is C41H47FN8O3. The first-order chi connectivity index (χ1) is 25.7. The molecule has 0 spiro atoms. The number of carbonyl (C=O) groups excluding carboxylic acids is 1. The largest absolute Gasteiger partial charge is 0.348 e. The molecule has 1 aliphatic heterocycles. The van der Waals surface area contributed by atoms with Crippen LogP contribution in [0, 0.1) is 12.7 Å². The Kier molecular flexibility index (Phi) is 9.82. The van der Waals surface area contributed by atoms with Crippen molar-refractivity contribution in [2.45, 2.75) is 83.0 Å². The molecule has 3 aliphatic rings. The van der Waals surface area contributed by atoms with Crippen molar-refractivity contribution in [2.24, 2.45) is 7.05 Å². The van der Waals surface area contributed by atoms with Gasteiger partial charge in [-0.05, 0) is 86.4 Å². The summed E-state index contributed by atoms with van der Waals surface area (Å²) < 4.78 is 18.9. The molecule has 2 aromatic carbocycles. The van der Waals surface area contributed by atoms with Crippen molar-refractivity contribution in [3.05, 3.63) is 110 Å². The lowest BCUT2D eigenvalue weighted by molar-refractivity contribution is 0.0916. The molecule has 0 atom stereocenters. The van der Waals surface area contributed by atoms with E-state index < -0.39 is 23.1 Å². The first-order valence-electron chi connectivity index (χ1n) is 19.0. The van der Waals surface area contributed by atoms with Gasteiger partial charge in [0.2, 0.25) is 0 Å². The predicted octanol–water partition coefficient (Wildman–Crippen LogP) is 5.37. The zero-order valence-electron chi connectivity index (χ0n) is 30.5. The van der Waals surface area contributed by atoms with Crippen molar-refractivity contribution in [3.63, 3.8) is 0 Å². The second-order valence-electron chi connectivity index (χ2n) is 15.1. The first kappa shape index (κ1) is 35.1. The standard InChI is InChI=1S/C41H47FN8O3/c1-27-22-37(45-46(27)2)39(51)44-32-14-16-34(17-15-32)50-40(52)36-24-31(42)25-43-38(36)49(41(50)53)35-9-5-6-30(23-35)29-12-10-28(11-13-29)26-47-18-20-48(21-19-47)33-7-3-4-8-33/h5-6,9-13,22-25,32-34H,3-4,7-8,14-21,26H2,1-2H3,(H,44,51). The average Bonchev–Trinajstić information content (AvgIpc) is 3.83. The molecule has 4 heterocycles. The number of pyridine rings is 1. The number of nitrogens with zero attached hydrogens (tertiary/aromatic N) is 7. The summed E-state index contributed by atoms with van der Waals surface area (Å²) in [5.41, 5.74) is 4.01. The molecule has 53 heavy (non-hydrogen) atoms. The molecule has 0 unspecified atom stereocenters. The first-order valence-corrected chi connectivity index (χ1v) is 19.0. The minimum absolute atomic E-state index is 0.0457. The number of amides is 1. The topological polar surface area (TPSA) is 110 Å². The number of fused-ring (bicyclic) bond motifs is 1. The molecule has 12 heteroatoms. The fourth-order valence-corrected chi connectivity index (χ4v) is 8.59. The van der Waals surface area contributed by atoms with Crippen molar-refractivity contribution >= 4 is 16.9 Å². The Bertz CT molecular complexity index is 2220. The molecule has 3 aromatic heterocycles. The van der Waals surface area contributed by atoms with Gasteiger partial charge >= 0.3 is 5.69 Å². The number of benzene rings is 2. The van der Waals surface area contributed by atoms with Gasteiger partial charge in [0.05, 0.1) is 17.3 Å². The Morgan fingerprint density at radius 1 is 0.868 bits per heavy atom. The van der Waals surface area contributed by atoms with Gasteiger partial charge in [-0.25, -0.2) is 18.7 Å². The monoisotopic (exact) mass is 718 g/mol. The molecule has 1 amide bonds. The van der Waals surface area contributed by atoms with E-state index in [4.69, 9.17) is 0 Å². The van der Waals surface area contributed by atoms with Crippen LogP contribution in [0.2, 0.25) is 0 Å². The summed E-state index contributed by atoms with van der Waals surface area (Å²) in [5.74, 6) is -0.890. The highest BCUT2D eigenvalue weighted by molar-refractivity contribution is 5.92. The molecule has 2 saturated carbocycles. The Balaban J connectivity index is 1.01. The molecule has 8 rings (SSSR count). The average molecular weight is 719 g/mol. The van der Waals surface area contributed by atoms with Crippen LogP contribution in [0.3, 0.4) is 0 Å². The van der Waals surface area contributed by atoms with Gasteiger partial charge in [-0.1, -0.05) is 49.2 Å². The molecule has 3 fully saturated rings. The molecule has 2 aliphatic carbocycles. The minimum Gasteiger partial charge on any atom is -0.348 e. The van der Waals surface area contributed by atoms with E-state index >= 15 is 0 Å². The third kappa shape index (κ3) is 7.22. The van der Waals surface area contributed by atoms with Gasteiger partial charge in [-0.15, -0.1) is 0 Å². The lowest BCUT2D eigenvalue weighted by Gasteiger charge is -2.38. The molecular weight excluding hydrogens is 672 g/mol. The van der Waals surface area contributed by atoms with E-state index in [1.54, 1.807) is 17.8 Å². The molecule has 0 bridgehead atoms. The zero-order chi connectivity index (χ0) is 36.6. The van der Waals surface area contributed by atoms with Gasteiger partial charge in [0.1, 0.15) is 11.5 Å². The van der Waals surface area contributed by atoms with Crippen molar-refractivity contribution in [2.75, 3.05) is 26.2 Å². The van der Waals surface area contributed by atoms with E-state index in [9.17, 15) is 18.8 Å². The Morgan fingerprint density at radius 2 is 1.60 bits per heavy atom. The van der Waals surface area contributed by atoms with Crippen molar-refractivity contribution < 1.29 is 9.18 Å². The summed E-state index contributed by atoms with van der Waals surface area (Å²) >= 11 is 0. The van der Waals surface area contributed by atoms with Crippen LogP contribution in [0.1, 0.15) is 79.2 Å². The van der Waals surface area contributed by atoms with Crippen LogP contribution in [-0.2, 0) is 13.6 Å². The summed E-state index contributed by atoms with van der Waals surface area (Å²) in [7, 11) is 1.79. The van der Waals surface area contributed by atoms with Gasteiger partial charge in [0, 0.05) is 63.6 Å². The third-order valence-corrected chi connectivity index (χ3v) is 11.7. The molecule has 1 N–H and O–H groups in total. The van der Waals surface area contributed by atoms with Crippen LogP contribution < -0.4 is 16.6 Å². The summed E-state index contributed by atoms with van der Waals surface area (Å²) in [6.07, 6.45) is 8.63. The van der Waals surface area contributed by atoms with Crippen LogP contribution in [0.5, 0.6) is 0 Å². The molecule has 276 valence electrons. The highest BCUT2D eigenvalue weighted by Crippen LogP contribution is 2.29. The summed E-state index contributed by atoms with van der Waals surface area (Å²) in [5, 5.41) is 7.38. The Labute approximate surface area is 308 Å². The van der Waals surface area contributed by atoms with Crippen molar-refractivity contribution in [3.8, 4) is 16.8 Å². The number of hydrogen-bond acceptors (Lipinski definition) is 7. The van der Waals surface area contributed by atoms with Gasteiger partial charge in [-0.2, -0.15) is 5.10 Å². The maximum absolute atomic E-state index is 14.6. The second-order valence-corrected chi connectivity index (χ2v) is 15.1. The van der Waals surface area contributed by atoms with Gasteiger partial charge in [-0.3, -0.25) is 28.6 Å². The Hall–Kier alpha value is -4.94. The van der Waals surface area contributed by atoms with E-state index in [0.29, 0.717) is 37.1 Å². The molecule has 11 nitrogen and oxygen atoms in total. The number of aromatic nitrogens is 5. The highest BCUT2D eigenvalue weighted by atomic mass is 19.1. The molecule has 5 aromatic rings. The quantitative estimate of drug-likeness (QED) is 0.230. The number of carbonyl (C=O) groups is 1. The number of nitrogens with one attached hydrogen (secondary N) is 1. The summed E-state index contributed by atoms with van der Waals surface area (Å²) in [4.78, 5) is 50.5. The van der Waals surface area contributed by atoms with E-state index in [-0.39, 0.29) is 23.0 Å². The van der Waals surface area contributed by atoms with E-state index in [2.05, 4.69) is 49.5 Å². The molecule has 1 saturated heterocycles. The second kappa shape index (κ2) is 14.8. The Morgan fingerprint density at radius 3 is 2.30 bits per heavy atom. The van der Waals surface area contributed by atoms with Gasteiger partial charge < -0.3 is 5.32 Å². The van der Waals surface area contributed by atoms with Crippen LogP contribution in [0.25, 0.3) is 27.8 Å². The normalized spacial score (nSPS) is 20.3. The highest BCUT2D eigenvalue weighted by Gasteiger charge is 2.29. The number of hydrogen-bond donors (Lipinski definition) is 1. The number of aryl methyl sites for hydroxylation is 2. The van der Waals surface area contributed by atoms with Crippen LogP contribution >= 0.6 is 0 Å². The number of halogens is 1. The lowest BCUT2D eigenvalue weighted by Crippen LogP contribution is -2.49. The SMILES string of the molecule is Cc1cc(C(=O)NC2CCC(n3c(=O)c4cc(F)cnc4n(-c4cccc(-c5ccc(CN6CCN(C7CCCC7)CC6)cc5)c4)c3=O)CC2)nn1C. The van der Waals surface area contributed by atoms with Crippen LogP contribution in [0.4, 0.5) is 4.39 Å². The van der Waals surface area contributed by atoms with Gasteiger partial charge in [0.25, 0.3) is 11.5 Å². The maximum atomic E-state index is 14.6. The van der Waals surface area contributed by atoms with E-state index in [1.165, 1.54) is 40.4 Å². The summed E-state index contributed by atoms with van der Waals surface area (Å²) in [6.45, 7) is 7.27. The summed E-state index contributed by atoms with van der Waals surface area (Å²) in [6, 6.07) is 19.4. The maximum Gasteiger partial charge on any atom is 0.337 e. The predicted molar refractivity (Wildman–Crippen MR) is 203 cm³/mol. The van der Waals surface area contributed by atoms with Crippen LogP contribution in [0.15, 0.2) is 76.4 Å². The lowest BCUT2D eigenvalue weighted by atomic mass is 9.90. The number of rotatable bonds is 8. The van der Waals surface area contributed by atoms with Gasteiger partial charge in [0.15, 0.2) is 5.65 Å². The number of piperazine rings is 1. The fraction of sp³-hybridized carbons (Fsp3) is 0.439. The minimum atomic E-state index is -0.646. The third-order valence-electron chi connectivity index (χ3n) is 11.7. The zero-order valence-corrected chi connectivity index (χ0v) is 30.5. The van der Waals surface area contributed by atoms with E-state index in [1.807, 2.05) is 31.2 Å². The fourth-order valence-electron chi connectivity index (χ4n) is 8.59. The molecule has 0 radical (unpaired) electrons. The smallest absolute Gasteiger partial charge is 0.337 e.